The summed E-state index contributed by atoms with van der Waals surface area (Å²) in [6, 6.07) is 6.62. The summed E-state index contributed by atoms with van der Waals surface area (Å²) >= 11 is 0. The minimum absolute atomic E-state index is 0.190. The average Bonchev–Trinajstić information content (AvgIpc) is 2.46. The molecule has 1 aromatic carbocycles. The summed E-state index contributed by atoms with van der Waals surface area (Å²) in [6.07, 6.45) is 4.48. The Morgan fingerprint density at radius 2 is 1.80 bits per heavy atom. The highest BCUT2D eigenvalue weighted by molar-refractivity contribution is 7.89. The van der Waals surface area contributed by atoms with Gasteiger partial charge in [-0.2, -0.15) is 4.31 Å². The average molecular weight is 299 g/mol. The van der Waals surface area contributed by atoms with Gasteiger partial charge >= 0.3 is 0 Å². The number of benzene rings is 1. The Hall–Kier alpha value is -0.910. The first-order valence-corrected chi connectivity index (χ1v) is 8.55. The number of likely N-dealkylation sites (N-methyl/N-ethyl adjacent to an activating group) is 1. The fourth-order valence-electron chi connectivity index (χ4n) is 1.93. The van der Waals surface area contributed by atoms with Crippen LogP contribution in [0, 0.1) is 0 Å². The number of nitrogens with zero attached hydrogens (tertiary/aromatic N) is 1. The molecule has 1 N–H and O–H groups in total. The van der Waals surface area contributed by atoms with Crippen LogP contribution in [0.5, 0.6) is 0 Å². The molecule has 1 aromatic rings. The number of sulfonamides is 1. The minimum Gasteiger partial charge on any atom is -0.395 e. The lowest BCUT2D eigenvalue weighted by Crippen LogP contribution is -2.37. The first-order valence-electron chi connectivity index (χ1n) is 7.11. The molecule has 114 valence electrons. The SMILES string of the molecule is CCCCCc1ccc(S(=O)(=O)N(C)[C@H](C)CO)cc1. The number of hydrogen-bond acceptors (Lipinski definition) is 3. The van der Waals surface area contributed by atoms with Crippen molar-refractivity contribution in [3.05, 3.63) is 29.8 Å². The van der Waals surface area contributed by atoms with E-state index in [1.807, 2.05) is 12.1 Å². The van der Waals surface area contributed by atoms with Crippen molar-refractivity contribution in [1.82, 2.24) is 4.31 Å². The lowest BCUT2D eigenvalue weighted by Gasteiger charge is -2.22. The predicted molar refractivity (Wildman–Crippen MR) is 81.2 cm³/mol. The summed E-state index contributed by atoms with van der Waals surface area (Å²) in [5.41, 5.74) is 1.16. The van der Waals surface area contributed by atoms with Crippen molar-refractivity contribution < 1.29 is 13.5 Å². The molecule has 0 heterocycles. The fourth-order valence-corrected chi connectivity index (χ4v) is 3.28. The lowest BCUT2D eigenvalue weighted by atomic mass is 10.1. The van der Waals surface area contributed by atoms with Crippen LogP contribution < -0.4 is 0 Å². The van der Waals surface area contributed by atoms with Gasteiger partial charge in [0.15, 0.2) is 0 Å². The van der Waals surface area contributed by atoms with Crippen LogP contribution in [0.2, 0.25) is 0 Å². The summed E-state index contributed by atoms with van der Waals surface area (Å²) in [5.74, 6) is 0. The number of aryl methyl sites for hydroxylation is 1. The Morgan fingerprint density at radius 3 is 2.30 bits per heavy atom. The van der Waals surface area contributed by atoms with Crippen molar-refractivity contribution in [3.63, 3.8) is 0 Å². The van der Waals surface area contributed by atoms with E-state index in [4.69, 9.17) is 5.11 Å². The molecule has 0 aromatic heterocycles. The molecule has 0 fully saturated rings. The molecule has 0 amide bonds. The normalized spacial score (nSPS) is 13.7. The van der Waals surface area contributed by atoms with Crippen LogP contribution >= 0.6 is 0 Å². The van der Waals surface area contributed by atoms with Gasteiger partial charge in [-0.05, 0) is 37.5 Å². The van der Waals surface area contributed by atoms with Crippen molar-refractivity contribution in [1.29, 1.82) is 0 Å². The molecule has 0 spiro atoms. The maximum Gasteiger partial charge on any atom is 0.243 e. The van der Waals surface area contributed by atoms with E-state index < -0.39 is 16.1 Å². The van der Waals surface area contributed by atoms with Gasteiger partial charge in [-0.25, -0.2) is 8.42 Å². The molecule has 5 heteroatoms. The maximum absolute atomic E-state index is 12.3. The molecule has 0 bridgehead atoms. The summed E-state index contributed by atoms with van der Waals surface area (Å²) in [4.78, 5) is 0.277. The fraction of sp³-hybridized carbons (Fsp3) is 0.600. The van der Waals surface area contributed by atoms with Crippen LogP contribution in [-0.2, 0) is 16.4 Å². The van der Waals surface area contributed by atoms with E-state index in [9.17, 15) is 8.42 Å². The quantitative estimate of drug-likeness (QED) is 0.750. The third-order valence-corrected chi connectivity index (χ3v) is 5.54. The highest BCUT2D eigenvalue weighted by Crippen LogP contribution is 2.18. The number of aliphatic hydroxyl groups is 1. The Balaban J connectivity index is 2.81. The molecular weight excluding hydrogens is 274 g/mol. The van der Waals surface area contributed by atoms with Crippen LogP contribution in [0.15, 0.2) is 29.2 Å². The van der Waals surface area contributed by atoms with E-state index >= 15 is 0 Å². The van der Waals surface area contributed by atoms with Crippen LogP contribution in [0.4, 0.5) is 0 Å². The highest BCUT2D eigenvalue weighted by atomic mass is 32.2. The maximum atomic E-state index is 12.3. The lowest BCUT2D eigenvalue weighted by molar-refractivity contribution is 0.214. The van der Waals surface area contributed by atoms with Gasteiger partial charge in [-0.1, -0.05) is 31.9 Å². The number of rotatable bonds is 8. The van der Waals surface area contributed by atoms with Crippen LogP contribution in [0.25, 0.3) is 0 Å². The third-order valence-electron chi connectivity index (χ3n) is 3.55. The Bertz CT molecular complexity index is 496. The number of aliphatic hydroxyl groups excluding tert-OH is 1. The van der Waals surface area contributed by atoms with Crippen LogP contribution in [-0.4, -0.2) is 37.5 Å². The third kappa shape index (κ3) is 4.30. The van der Waals surface area contributed by atoms with E-state index in [0.29, 0.717) is 0 Å². The first-order chi connectivity index (χ1) is 9.43. The molecule has 1 rings (SSSR count). The van der Waals surface area contributed by atoms with E-state index in [1.54, 1.807) is 19.1 Å². The second kappa shape index (κ2) is 7.76. The van der Waals surface area contributed by atoms with E-state index in [2.05, 4.69) is 6.92 Å². The van der Waals surface area contributed by atoms with Gasteiger partial charge < -0.3 is 5.11 Å². The van der Waals surface area contributed by atoms with Crippen molar-refractivity contribution in [2.24, 2.45) is 0 Å². The monoisotopic (exact) mass is 299 g/mol. The Labute approximate surface area is 122 Å². The van der Waals surface area contributed by atoms with Crippen molar-refractivity contribution >= 4 is 10.0 Å². The molecule has 0 radical (unpaired) electrons. The van der Waals surface area contributed by atoms with Gasteiger partial charge in [0.25, 0.3) is 0 Å². The zero-order chi connectivity index (χ0) is 15.2. The molecule has 0 aliphatic carbocycles. The Kier molecular flexibility index (Phi) is 6.65. The van der Waals surface area contributed by atoms with Crippen molar-refractivity contribution in [2.45, 2.75) is 50.5 Å². The molecule has 0 aliphatic rings. The van der Waals surface area contributed by atoms with Gasteiger partial charge in [0, 0.05) is 13.1 Å². The topological polar surface area (TPSA) is 57.6 Å². The van der Waals surface area contributed by atoms with Crippen molar-refractivity contribution in [2.75, 3.05) is 13.7 Å². The van der Waals surface area contributed by atoms with E-state index in [0.717, 1.165) is 18.4 Å². The molecule has 20 heavy (non-hydrogen) atoms. The standard InChI is InChI=1S/C15H25NO3S/c1-4-5-6-7-14-8-10-15(11-9-14)20(18,19)16(3)13(2)12-17/h8-11,13,17H,4-7,12H2,1-3H3/t13-/m1/s1. The van der Waals surface area contributed by atoms with Gasteiger partial charge in [-0.15, -0.1) is 0 Å². The molecule has 0 saturated heterocycles. The minimum atomic E-state index is -3.52. The summed E-state index contributed by atoms with van der Waals surface area (Å²) in [7, 11) is -2.03. The number of hydrogen-bond donors (Lipinski definition) is 1. The van der Waals surface area contributed by atoms with Gasteiger partial charge in [0.2, 0.25) is 10.0 Å². The highest BCUT2D eigenvalue weighted by Gasteiger charge is 2.24. The smallest absolute Gasteiger partial charge is 0.243 e. The molecular formula is C15H25NO3S. The van der Waals surface area contributed by atoms with Crippen LogP contribution in [0.1, 0.15) is 38.7 Å². The molecule has 0 unspecified atom stereocenters. The predicted octanol–water partition coefficient (Wildman–Crippen LogP) is 2.42. The Morgan fingerprint density at radius 1 is 1.20 bits per heavy atom. The molecule has 0 aliphatic heterocycles. The first kappa shape index (κ1) is 17.1. The number of unbranched alkanes of at least 4 members (excludes halogenated alkanes) is 2. The zero-order valence-corrected chi connectivity index (χ0v) is 13.4. The van der Waals surface area contributed by atoms with E-state index in [1.165, 1.54) is 24.2 Å². The summed E-state index contributed by atoms with van der Waals surface area (Å²) in [5, 5.41) is 9.07. The van der Waals surface area contributed by atoms with Gasteiger partial charge in [0.1, 0.15) is 0 Å². The molecule has 4 nitrogen and oxygen atoms in total. The van der Waals surface area contributed by atoms with Crippen LogP contribution in [0.3, 0.4) is 0 Å². The molecule has 0 saturated carbocycles. The van der Waals surface area contributed by atoms with Crippen molar-refractivity contribution in [3.8, 4) is 0 Å². The molecule has 1 atom stereocenters. The summed E-state index contributed by atoms with van der Waals surface area (Å²) < 4.78 is 25.8. The van der Waals surface area contributed by atoms with Gasteiger partial charge in [0.05, 0.1) is 11.5 Å². The zero-order valence-electron chi connectivity index (χ0n) is 12.5. The van der Waals surface area contributed by atoms with E-state index in [-0.39, 0.29) is 11.5 Å². The second-order valence-corrected chi connectivity index (χ2v) is 7.15. The second-order valence-electron chi connectivity index (χ2n) is 5.15. The summed E-state index contributed by atoms with van der Waals surface area (Å²) in [6.45, 7) is 3.65. The largest absolute Gasteiger partial charge is 0.395 e. The van der Waals surface area contributed by atoms with Gasteiger partial charge in [-0.3, -0.25) is 0 Å².